The molecule has 1 aliphatic carbocycles. The molecule has 0 bridgehead atoms. The van der Waals surface area contributed by atoms with Crippen LogP contribution in [-0.2, 0) is 22.4 Å². The summed E-state index contributed by atoms with van der Waals surface area (Å²) in [5, 5.41) is 8.02. The summed E-state index contributed by atoms with van der Waals surface area (Å²) in [7, 11) is 0. The van der Waals surface area contributed by atoms with Gasteiger partial charge in [-0.05, 0) is 56.0 Å². The Bertz CT molecular complexity index is 1490. The molecule has 0 atom stereocenters. The molecular weight excluding hydrogens is 493 g/mol. The van der Waals surface area contributed by atoms with Gasteiger partial charge in [-0.25, -0.2) is 18.9 Å². The molecule has 0 fully saturated rings. The Morgan fingerprint density at radius 2 is 2.09 bits per heavy atom. The molecule has 35 heavy (non-hydrogen) atoms. The second-order valence-corrected chi connectivity index (χ2v) is 9.83. The molecule has 0 spiro atoms. The molecule has 2 N–H and O–H groups in total. The fraction of sp³-hybridized carbons (Fsp3) is 0.261. The lowest BCUT2D eigenvalue weighted by Crippen LogP contribution is -2.17. The maximum atomic E-state index is 13.3. The Kier molecular flexibility index (Phi) is 6.39. The van der Waals surface area contributed by atoms with Crippen molar-refractivity contribution in [1.29, 1.82) is 0 Å². The first-order chi connectivity index (χ1) is 16.9. The van der Waals surface area contributed by atoms with E-state index in [-0.39, 0.29) is 34.6 Å². The molecular formula is C23H20FN5O4S2. The van der Waals surface area contributed by atoms with E-state index in [2.05, 4.69) is 20.4 Å². The number of nitrogens with zero attached hydrogens (tertiary/aromatic N) is 3. The number of hydrogen-bond acceptors (Lipinski definition) is 8. The minimum absolute atomic E-state index is 0.0377. The SMILES string of the molecule is CCOC(=O)c1c(NC(=O)CSc2nc3c(cnn3-c3ccc(F)cc3)c(=O)[nH]2)sc2c1CCC2. The molecule has 1 aromatic carbocycles. The molecule has 4 aromatic rings. The van der Waals surface area contributed by atoms with Gasteiger partial charge in [-0.1, -0.05) is 11.8 Å². The lowest BCUT2D eigenvalue weighted by molar-refractivity contribution is -0.113. The first kappa shape index (κ1) is 23.2. The molecule has 0 saturated heterocycles. The highest BCUT2D eigenvalue weighted by atomic mass is 32.2. The van der Waals surface area contributed by atoms with E-state index in [1.165, 1.54) is 46.5 Å². The molecule has 3 aromatic heterocycles. The summed E-state index contributed by atoms with van der Waals surface area (Å²) in [6, 6.07) is 5.65. The third-order valence-corrected chi connectivity index (χ3v) is 7.56. The highest BCUT2D eigenvalue weighted by Crippen LogP contribution is 2.39. The highest BCUT2D eigenvalue weighted by molar-refractivity contribution is 7.99. The maximum absolute atomic E-state index is 13.3. The second-order valence-electron chi connectivity index (χ2n) is 7.76. The van der Waals surface area contributed by atoms with E-state index in [0.717, 1.165) is 41.5 Å². The zero-order chi connectivity index (χ0) is 24.5. The molecule has 0 radical (unpaired) electrons. The first-order valence-corrected chi connectivity index (χ1v) is 12.7. The number of thiophene rings is 1. The van der Waals surface area contributed by atoms with E-state index < -0.39 is 11.5 Å². The number of ether oxygens (including phenoxy) is 1. The molecule has 1 aliphatic rings. The van der Waals surface area contributed by atoms with Crippen LogP contribution < -0.4 is 10.9 Å². The third-order valence-electron chi connectivity index (χ3n) is 5.48. The number of aromatic amines is 1. The van der Waals surface area contributed by atoms with Gasteiger partial charge < -0.3 is 15.0 Å². The number of carbonyl (C=O) groups is 2. The van der Waals surface area contributed by atoms with Gasteiger partial charge in [0.25, 0.3) is 5.56 Å². The van der Waals surface area contributed by atoms with E-state index in [1.807, 2.05) is 0 Å². The van der Waals surface area contributed by atoms with Crippen LogP contribution in [0.4, 0.5) is 9.39 Å². The summed E-state index contributed by atoms with van der Waals surface area (Å²) in [5.74, 6) is -1.19. The Balaban J connectivity index is 1.34. The molecule has 1 amide bonds. The maximum Gasteiger partial charge on any atom is 0.341 e. The van der Waals surface area contributed by atoms with Crippen molar-refractivity contribution in [3.63, 3.8) is 0 Å². The van der Waals surface area contributed by atoms with E-state index in [4.69, 9.17) is 4.74 Å². The molecule has 0 aliphatic heterocycles. The summed E-state index contributed by atoms with van der Waals surface area (Å²) < 4.78 is 19.9. The Morgan fingerprint density at radius 3 is 2.86 bits per heavy atom. The quantitative estimate of drug-likeness (QED) is 0.220. The normalized spacial score (nSPS) is 12.6. The average molecular weight is 514 g/mol. The number of anilines is 1. The van der Waals surface area contributed by atoms with Gasteiger partial charge in [-0.15, -0.1) is 11.3 Å². The molecule has 5 rings (SSSR count). The number of fused-ring (bicyclic) bond motifs is 2. The summed E-state index contributed by atoms with van der Waals surface area (Å²) in [5.41, 5.74) is 1.85. The van der Waals surface area contributed by atoms with Crippen molar-refractivity contribution in [3.05, 3.63) is 62.6 Å². The summed E-state index contributed by atoms with van der Waals surface area (Å²) in [6.45, 7) is 1.99. The molecule has 9 nitrogen and oxygen atoms in total. The predicted molar refractivity (Wildman–Crippen MR) is 131 cm³/mol. The number of halogens is 1. The summed E-state index contributed by atoms with van der Waals surface area (Å²) in [4.78, 5) is 45.9. The van der Waals surface area contributed by atoms with Crippen LogP contribution in [0.25, 0.3) is 16.7 Å². The lowest BCUT2D eigenvalue weighted by Gasteiger charge is -2.08. The Labute approximate surface area is 206 Å². The van der Waals surface area contributed by atoms with Crippen molar-refractivity contribution in [2.24, 2.45) is 0 Å². The van der Waals surface area contributed by atoms with Crippen molar-refractivity contribution in [2.75, 3.05) is 17.7 Å². The standard InChI is InChI=1S/C23H20FN5O4S2/c1-2-33-22(32)18-14-4-3-5-16(14)35-21(18)26-17(30)11-34-23-27-19-15(20(31)28-23)10-25-29(19)13-8-6-12(24)7-9-13/h6-10H,2-5,11H2,1H3,(H,26,30)(H,27,28,31). The van der Waals surface area contributed by atoms with Gasteiger partial charge >= 0.3 is 5.97 Å². The van der Waals surface area contributed by atoms with Crippen LogP contribution in [-0.4, -0.2) is 44.0 Å². The van der Waals surface area contributed by atoms with Crippen LogP contribution in [0.3, 0.4) is 0 Å². The number of rotatable bonds is 7. The predicted octanol–water partition coefficient (Wildman–Crippen LogP) is 3.71. The largest absolute Gasteiger partial charge is 0.462 e. The van der Waals surface area contributed by atoms with E-state index >= 15 is 0 Å². The molecule has 0 unspecified atom stereocenters. The Hall–Kier alpha value is -3.51. The van der Waals surface area contributed by atoms with Crippen molar-refractivity contribution < 1.29 is 18.7 Å². The van der Waals surface area contributed by atoms with E-state index in [0.29, 0.717) is 21.9 Å². The van der Waals surface area contributed by atoms with Gasteiger partial charge in [-0.2, -0.15) is 5.10 Å². The number of esters is 1. The number of carbonyl (C=O) groups excluding carboxylic acids is 2. The smallest absolute Gasteiger partial charge is 0.341 e. The van der Waals surface area contributed by atoms with Crippen LogP contribution in [0, 0.1) is 5.82 Å². The summed E-state index contributed by atoms with van der Waals surface area (Å²) >= 11 is 2.46. The number of nitrogens with one attached hydrogen (secondary N) is 2. The van der Waals surface area contributed by atoms with E-state index in [9.17, 15) is 18.8 Å². The number of amides is 1. The molecule has 180 valence electrons. The van der Waals surface area contributed by atoms with Gasteiger partial charge in [0.15, 0.2) is 10.8 Å². The number of aryl methyl sites for hydroxylation is 1. The average Bonchev–Trinajstić information content (AvgIpc) is 3.53. The fourth-order valence-corrected chi connectivity index (χ4v) is 5.90. The van der Waals surface area contributed by atoms with Crippen molar-refractivity contribution in [3.8, 4) is 5.69 Å². The van der Waals surface area contributed by atoms with Crippen LogP contribution in [0.5, 0.6) is 0 Å². The fourth-order valence-electron chi connectivity index (χ4n) is 3.95. The van der Waals surface area contributed by atoms with Crippen LogP contribution in [0.1, 0.15) is 34.1 Å². The monoisotopic (exact) mass is 513 g/mol. The molecule has 0 saturated carbocycles. The summed E-state index contributed by atoms with van der Waals surface area (Å²) in [6.07, 6.45) is 4.04. The number of hydrogen-bond donors (Lipinski definition) is 2. The minimum Gasteiger partial charge on any atom is -0.462 e. The van der Waals surface area contributed by atoms with E-state index in [1.54, 1.807) is 6.92 Å². The zero-order valence-electron chi connectivity index (χ0n) is 18.6. The van der Waals surface area contributed by atoms with Crippen LogP contribution in [0.15, 0.2) is 40.4 Å². The van der Waals surface area contributed by atoms with Crippen molar-refractivity contribution in [1.82, 2.24) is 19.7 Å². The second kappa shape index (κ2) is 9.62. The number of H-pyrrole nitrogens is 1. The van der Waals surface area contributed by atoms with Crippen LogP contribution >= 0.6 is 23.1 Å². The van der Waals surface area contributed by atoms with Crippen molar-refractivity contribution in [2.45, 2.75) is 31.3 Å². The topological polar surface area (TPSA) is 119 Å². The third kappa shape index (κ3) is 4.58. The zero-order valence-corrected chi connectivity index (χ0v) is 20.2. The number of thioether (sulfide) groups is 1. The van der Waals surface area contributed by atoms with Gasteiger partial charge in [0.1, 0.15) is 16.2 Å². The van der Waals surface area contributed by atoms with Crippen molar-refractivity contribution >= 4 is 51.0 Å². The first-order valence-electron chi connectivity index (χ1n) is 10.9. The highest BCUT2D eigenvalue weighted by Gasteiger charge is 2.28. The number of aromatic nitrogens is 4. The van der Waals surface area contributed by atoms with Gasteiger partial charge in [0.05, 0.1) is 29.8 Å². The van der Waals surface area contributed by atoms with Gasteiger partial charge in [-0.3, -0.25) is 9.59 Å². The Morgan fingerprint density at radius 1 is 1.29 bits per heavy atom. The number of benzene rings is 1. The molecule has 3 heterocycles. The lowest BCUT2D eigenvalue weighted by atomic mass is 10.1. The van der Waals surface area contributed by atoms with Gasteiger partial charge in [0, 0.05) is 4.88 Å². The van der Waals surface area contributed by atoms with Gasteiger partial charge in [0.2, 0.25) is 5.91 Å². The minimum atomic E-state index is -0.430. The molecule has 12 heteroatoms. The van der Waals surface area contributed by atoms with Crippen LogP contribution in [0.2, 0.25) is 0 Å².